The second-order valence-corrected chi connectivity index (χ2v) is 8.62. The topological polar surface area (TPSA) is 88.2 Å². The Balaban J connectivity index is 1.53. The van der Waals surface area contributed by atoms with Crippen molar-refractivity contribution < 1.29 is 14.3 Å². The van der Waals surface area contributed by atoms with Gasteiger partial charge in [-0.05, 0) is 50.8 Å². The van der Waals surface area contributed by atoms with Gasteiger partial charge in [0.05, 0.1) is 17.5 Å². The van der Waals surface area contributed by atoms with E-state index >= 15 is 0 Å². The predicted molar refractivity (Wildman–Crippen MR) is 115 cm³/mol. The zero-order chi connectivity index (χ0) is 22.0. The van der Waals surface area contributed by atoms with Crippen LogP contribution in [0.25, 0.3) is 5.69 Å². The molecule has 0 bridgehead atoms. The first-order valence-electron chi connectivity index (χ1n) is 11.0. The Kier molecular flexibility index (Phi) is 5.81. The van der Waals surface area contributed by atoms with E-state index in [1.807, 2.05) is 30.3 Å². The summed E-state index contributed by atoms with van der Waals surface area (Å²) in [4.78, 5) is 27.5. The number of likely N-dealkylation sites (N-methyl/N-ethyl adjacent to an activating group) is 1. The highest BCUT2D eigenvalue weighted by atomic mass is 16.5. The lowest BCUT2D eigenvalue weighted by Crippen LogP contribution is -2.53. The van der Waals surface area contributed by atoms with Crippen molar-refractivity contribution in [3.63, 3.8) is 0 Å². The normalized spacial score (nSPS) is 18.6. The number of carbonyl (C=O) groups is 2. The van der Waals surface area contributed by atoms with Crippen molar-refractivity contribution >= 4 is 11.9 Å². The van der Waals surface area contributed by atoms with Crippen LogP contribution >= 0.6 is 0 Å². The Morgan fingerprint density at radius 3 is 2.52 bits per heavy atom. The molecule has 1 atom stereocenters. The maximum absolute atomic E-state index is 13.0. The highest BCUT2D eigenvalue weighted by Gasteiger charge is 2.41. The van der Waals surface area contributed by atoms with E-state index < -0.39 is 17.6 Å². The van der Waals surface area contributed by atoms with Crippen molar-refractivity contribution in [1.29, 1.82) is 5.26 Å². The van der Waals surface area contributed by atoms with Gasteiger partial charge in [0.2, 0.25) is 0 Å². The minimum atomic E-state index is -0.992. The van der Waals surface area contributed by atoms with E-state index in [2.05, 4.69) is 11.2 Å². The number of esters is 1. The molecule has 2 aromatic rings. The quantitative estimate of drug-likeness (QED) is 0.660. The number of nitriles is 1. The third-order valence-corrected chi connectivity index (χ3v) is 6.43. The fraction of sp³-hybridized carbons (Fsp3) is 0.500. The summed E-state index contributed by atoms with van der Waals surface area (Å²) in [6, 6.07) is 13.5. The molecule has 2 aliphatic carbocycles. The van der Waals surface area contributed by atoms with Gasteiger partial charge in [0.25, 0.3) is 5.91 Å². The number of ether oxygens (including phenoxy) is 1. The van der Waals surface area contributed by atoms with Crippen LogP contribution in [0.15, 0.2) is 36.4 Å². The van der Waals surface area contributed by atoms with Gasteiger partial charge in [0.1, 0.15) is 5.54 Å². The van der Waals surface area contributed by atoms with E-state index in [4.69, 9.17) is 4.74 Å². The average molecular weight is 421 g/mol. The van der Waals surface area contributed by atoms with Gasteiger partial charge in [-0.25, -0.2) is 9.48 Å². The van der Waals surface area contributed by atoms with Gasteiger partial charge in [0.15, 0.2) is 11.8 Å². The van der Waals surface area contributed by atoms with Gasteiger partial charge >= 0.3 is 5.97 Å². The minimum absolute atomic E-state index is 0.308. The van der Waals surface area contributed by atoms with Crippen molar-refractivity contribution in [2.24, 2.45) is 0 Å². The Labute approximate surface area is 182 Å². The van der Waals surface area contributed by atoms with Crippen molar-refractivity contribution in [3.05, 3.63) is 47.8 Å². The third kappa shape index (κ3) is 4.20. The van der Waals surface area contributed by atoms with Gasteiger partial charge < -0.3 is 9.64 Å². The van der Waals surface area contributed by atoms with Gasteiger partial charge in [-0.1, -0.05) is 37.5 Å². The highest BCUT2D eigenvalue weighted by molar-refractivity contribution is 5.91. The summed E-state index contributed by atoms with van der Waals surface area (Å²) in [5, 5.41) is 14.4. The van der Waals surface area contributed by atoms with Crippen LogP contribution in [-0.2, 0) is 9.53 Å². The zero-order valence-electron chi connectivity index (χ0n) is 18.1. The predicted octanol–water partition coefficient (Wildman–Crippen LogP) is 3.98. The molecule has 0 saturated heterocycles. The summed E-state index contributed by atoms with van der Waals surface area (Å²) in [5.41, 5.74) is 1.13. The molecular formula is C24H28N4O3. The summed E-state index contributed by atoms with van der Waals surface area (Å²) in [6.07, 6.45) is 5.35. The standard InChI is InChI=1S/C24H28N4O3/c1-17(22(29)27(2)24(16-25)13-7-4-8-14-24)31-23(30)21-15-20(18-11-12-18)26-28(21)19-9-5-3-6-10-19/h3,5-6,9-10,15,17-18H,4,7-8,11-14H2,1-2H3/t17-/m1/s1. The van der Waals surface area contributed by atoms with E-state index in [9.17, 15) is 14.9 Å². The Morgan fingerprint density at radius 2 is 1.90 bits per heavy atom. The number of rotatable bonds is 6. The van der Waals surface area contributed by atoms with Gasteiger partial charge in [0, 0.05) is 13.0 Å². The molecule has 162 valence electrons. The largest absolute Gasteiger partial charge is 0.448 e. The zero-order valence-corrected chi connectivity index (χ0v) is 18.1. The van der Waals surface area contributed by atoms with E-state index in [1.54, 1.807) is 24.7 Å². The number of hydrogen-bond donors (Lipinski definition) is 0. The molecule has 0 N–H and O–H groups in total. The first kappa shape index (κ1) is 21.1. The molecule has 0 radical (unpaired) electrons. The molecule has 0 spiro atoms. The van der Waals surface area contributed by atoms with E-state index in [-0.39, 0.29) is 5.91 Å². The number of aromatic nitrogens is 2. The van der Waals surface area contributed by atoms with Crippen molar-refractivity contribution in [2.45, 2.75) is 69.4 Å². The molecule has 7 nitrogen and oxygen atoms in total. The first-order chi connectivity index (χ1) is 14.9. The first-order valence-corrected chi connectivity index (χ1v) is 11.0. The summed E-state index contributed by atoms with van der Waals surface area (Å²) >= 11 is 0. The number of carbonyl (C=O) groups excluding carboxylic acids is 2. The molecule has 1 aromatic heterocycles. The fourth-order valence-electron chi connectivity index (χ4n) is 4.30. The molecule has 4 rings (SSSR count). The SMILES string of the molecule is C[C@@H](OC(=O)c1cc(C2CC2)nn1-c1ccccc1)C(=O)N(C)C1(C#N)CCCCC1. The number of para-hydroxylation sites is 1. The van der Waals surface area contributed by atoms with Crippen LogP contribution < -0.4 is 0 Å². The Bertz CT molecular complexity index is 998. The monoisotopic (exact) mass is 420 g/mol. The maximum atomic E-state index is 13.0. The molecular weight excluding hydrogens is 392 g/mol. The van der Waals surface area contributed by atoms with Crippen molar-refractivity contribution in [1.82, 2.24) is 14.7 Å². The molecule has 1 heterocycles. The van der Waals surface area contributed by atoms with Crippen LogP contribution in [-0.4, -0.2) is 45.2 Å². The molecule has 0 aliphatic heterocycles. The third-order valence-electron chi connectivity index (χ3n) is 6.43. The summed E-state index contributed by atoms with van der Waals surface area (Å²) in [5.74, 6) is -0.569. The summed E-state index contributed by atoms with van der Waals surface area (Å²) in [7, 11) is 1.64. The molecule has 31 heavy (non-hydrogen) atoms. The maximum Gasteiger partial charge on any atom is 0.357 e. The molecule has 0 unspecified atom stereocenters. The fourth-order valence-corrected chi connectivity index (χ4v) is 4.30. The molecule has 1 aromatic carbocycles. The molecule has 2 aliphatic rings. The molecule has 1 amide bonds. The number of nitrogens with zero attached hydrogens (tertiary/aromatic N) is 4. The van der Waals surface area contributed by atoms with Crippen LogP contribution in [0, 0.1) is 11.3 Å². The van der Waals surface area contributed by atoms with Crippen LogP contribution in [0.4, 0.5) is 0 Å². The molecule has 7 heteroatoms. The van der Waals surface area contributed by atoms with Gasteiger partial charge in [-0.2, -0.15) is 10.4 Å². The van der Waals surface area contributed by atoms with E-state index in [0.717, 1.165) is 43.5 Å². The van der Waals surface area contributed by atoms with E-state index in [0.29, 0.717) is 24.5 Å². The lowest BCUT2D eigenvalue weighted by molar-refractivity contribution is -0.143. The molecule has 2 saturated carbocycles. The Morgan fingerprint density at radius 1 is 1.23 bits per heavy atom. The number of amides is 1. The van der Waals surface area contributed by atoms with Gasteiger partial charge in [-0.15, -0.1) is 0 Å². The van der Waals surface area contributed by atoms with Crippen molar-refractivity contribution in [2.75, 3.05) is 7.05 Å². The lowest BCUT2D eigenvalue weighted by atomic mass is 9.81. The van der Waals surface area contributed by atoms with Crippen LogP contribution in [0.1, 0.15) is 74.0 Å². The second-order valence-electron chi connectivity index (χ2n) is 8.62. The molecule has 2 fully saturated rings. The smallest absolute Gasteiger partial charge is 0.357 e. The lowest BCUT2D eigenvalue weighted by Gasteiger charge is -2.39. The average Bonchev–Trinajstić information content (AvgIpc) is 3.57. The Hall–Kier alpha value is -3.14. The van der Waals surface area contributed by atoms with Crippen LogP contribution in [0.5, 0.6) is 0 Å². The number of benzene rings is 1. The summed E-state index contributed by atoms with van der Waals surface area (Å²) in [6.45, 7) is 1.57. The van der Waals surface area contributed by atoms with Gasteiger partial charge in [-0.3, -0.25) is 4.79 Å². The van der Waals surface area contributed by atoms with Crippen molar-refractivity contribution in [3.8, 4) is 11.8 Å². The minimum Gasteiger partial charge on any atom is -0.448 e. The summed E-state index contributed by atoms with van der Waals surface area (Å²) < 4.78 is 7.17. The van der Waals surface area contributed by atoms with Crippen LogP contribution in [0.2, 0.25) is 0 Å². The number of hydrogen-bond acceptors (Lipinski definition) is 5. The highest BCUT2D eigenvalue weighted by Crippen LogP contribution is 2.40. The second kappa shape index (κ2) is 8.54. The van der Waals surface area contributed by atoms with E-state index in [1.165, 1.54) is 4.90 Å². The van der Waals surface area contributed by atoms with Crippen LogP contribution in [0.3, 0.4) is 0 Å².